The fraction of sp³-hybridized carbons (Fsp3) is 0.417. The third-order valence-corrected chi connectivity index (χ3v) is 3.03. The monoisotopic (exact) mass is 299 g/mol. The summed E-state index contributed by atoms with van der Waals surface area (Å²) in [6.07, 6.45) is -2.36. The van der Waals surface area contributed by atoms with Crippen LogP contribution in [-0.4, -0.2) is 63.0 Å². The molecule has 0 bridgehead atoms. The molecule has 0 spiro atoms. The van der Waals surface area contributed by atoms with E-state index in [0.717, 1.165) is 5.56 Å². The van der Waals surface area contributed by atoms with Crippen LogP contribution in [0.2, 0.25) is 0 Å². The van der Waals surface area contributed by atoms with Gasteiger partial charge in [0, 0.05) is 5.94 Å². The lowest BCUT2D eigenvalue weighted by Crippen LogP contribution is -2.60. The van der Waals surface area contributed by atoms with Crippen molar-refractivity contribution in [1.82, 2.24) is 0 Å². The summed E-state index contributed by atoms with van der Waals surface area (Å²) in [7, 11) is -1.81. The van der Waals surface area contributed by atoms with Gasteiger partial charge >= 0.3 is 13.1 Å². The van der Waals surface area contributed by atoms with E-state index in [0.29, 0.717) is 0 Å². The summed E-state index contributed by atoms with van der Waals surface area (Å²) in [4.78, 5) is 11.1. The topological polar surface area (TPSA) is 153 Å². The summed E-state index contributed by atoms with van der Waals surface area (Å²) >= 11 is 0. The van der Waals surface area contributed by atoms with E-state index in [1.807, 2.05) is 0 Å². The van der Waals surface area contributed by atoms with Crippen LogP contribution in [0.1, 0.15) is 5.56 Å². The Bertz CT molecular complexity index is 458. The maximum atomic E-state index is 11.1. The van der Waals surface area contributed by atoms with Gasteiger partial charge in [0.1, 0.15) is 0 Å². The molecule has 1 aromatic carbocycles. The second kappa shape index (κ2) is 7.50. The molecule has 0 aliphatic heterocycles. The number of aliphatic hydroxyl groups is 3. The van der Waals surface area contributed by atoms with Gasteiger partial charge in [-0.2, -0.15) is 0 Å². The Kier molecular flexibility index (Phi) is 6.28. The molecular weight excluding hydrogens is 281 g/mol. The highest BCUT2D eigenvalue weighted by Crippen LogP contribution is 2.17. The molecule has 0 heterocycles. The molecule has 0 fully saturated rings. The maximum Gasteiger partial charge on any atom is 0.473 e. The Morgan fingerprint density at radius 1 is 1.33 bits per heavy atom. The van der Waals surface area contributed by atoms with Gasteiger partial charge in [-0.25, -0.2) is 4.79 Å². The summed E-state index contributed by atoms with van der Waals surface area (Å²) in [5.74, 6) is -2.85. The molecule has 8 nitrogen and oxygen atoms in total. The summed E-state index contributed by atoms with van der Waals surface area (Å²) < 4.78 is 4.73. The number of aliphatic carboxylic acids is 1. The van der Waals surface area contributed by atoms with Crippen LogP contribution in [0.4, 0.5) is 0 Å². The van der Waals surface area contributed by atoms with E-state index in [1.54, 1.807) is 30.3 Å². The van der Waals surface area contributed by atoms with Crippen LogP contribution in [0.5, 0.6) is 0 Å². The summed E-state index contributed by atoms with van der Waals surface area (Å²) in [5.41, 5.74) is 3.72. The van der Waals surface area contributed by atoms with Crippen LogP contribution in [0.25, 0.3) is 0 Å². The number of carboxylic acids is 1. The first kappa shape index (κ1) is 17.6. The van der Waals surface area contributed by atoms with E-state index < -0.39 is 37.5 Å². The molecule has 0 amide bonds. The number of aliphatic hydroxyl groups excluding tert-OH is 2. The van der Waals surface area contributed by atoms with E-state index in [2.05, 4.69) is 0 Å². The van der Waals surface area contributed by atoms with Crippen molar-refractivity contribution in [1.29, 1.82) is 0 Å². The van der Waals surface area contributed by atoms with Gasteiger partial charge in [-0.1, -0.05) is 30.3 Å². The first-order valence-corrected chi connectivity index (χ1v) is 6.19. The van der Waals surface area contributed by atoms with E-state index in [-0.39, 0.29) is 6.42 Å². The quantitative estimate of drug-likeness (QED) is 0.232. The van der Waals surface area contributed by atoms with Gasteiger partial charge in [0.2, 0.25) is 5.60 Å². The van der Waals surface area contributed by atoms with E-state index in [9.17, 15) is 9.82 Å². The van der Waals surface area contributed by atoms with E-state index >= 15 is 0 Å². The molecule has 1 aromatic rings. The molecular formula is C12H18BNO7. The number of hydrogen-bond donors (Lipinski definition) is 6. The summed E-state index contributed by atoms with van der Waals surface area (Å²) in [6.45, 7) is -1.24. The molecule has 2 atom stereocenters. The molecule has 2 unspecified atom stereocenters. The average Bonchev–Trinajstić information content (AvgIpc) is 2.44. The zero-order valence-electron chi connectivity index (χ0n) is 11.2. The van der Waals surface area contributed by atoms with Crippen LogP contribution in [0.15, 0.2) is 30.3 Å². The van der Waals surface area contributed by atoms with Gasteiger partial charge in [-0.05, 0) is 12.0 Å². The van der Waals surface area contributed by atoms with Crippen molar-refractivity contribution in [3.63, 3.8) is 0 Å². The first-order valence-electron chi connectivity index (χ1n) is 6.19. The van der Waals surface area contributed by atoms with Gasteiger partial charge in [-0.3, -0.25) is 0 Å². The second-order valence-electron chi connectivity index (χ2n) is 4.59. The lowest BCUT2D eigenvalue weighted by atomic mass is 9.75. The standard InChI is InChI=1S/C12H18BNO7/c14-9(6-8-4-2-1-3-5-8)13(20)21-12(7-15,10(16)17)11(18)19/h1-5,9-10,15-17,20H,6-7,14H2,(H,18,19). The molecule has 0 saturated carbocycles. The Morgan fingerprint density at radius 2 is 1.90 bits per heavy atom. The van der Waals surface area contributed by atoms with Gasteiger partial charge < -0.3 is 35.8 Å². The number of carboxylic acid groups (broad SMARTS) is 1. The lowest BCUT2D eigenvalue weighted by Gasteiger charge is -2.31. The van der Waals surface area contributed by atoms with E-state index in [4.69, 9.17) is 30.8 Å². The highest BCUT2D eigenvalue weighted by atomic mass is 16.6. The van der Waals surface area contributed by atoms with Crippen molar-refractivity contribution < 1.29 is 34.9 Å². The van der Waals surface area contributed by atoms with Crippen LogP contribution in [0.3, 0.4) is 0 Å². The SMILES string of the molecule is NC(Cc1ccccc1)B(O)OC(CO)(C(=O)O)C(O)O. The second-order valence-corrected chi connectivity index (χ2v) is 4.59. The third kappa shape index (κ3) is 4.24. The highest BCUT2D eigenvalue weighted by molar-refractivity contribution is 6.45. The molecule has 1 rings (SSSR count). The van der Waals surface area contributed by atoms with Crippen LogP contribution in [-0.2, 0) is 15.9 Å². The summed E-state index contributed by atoms with van der Waals surface area (Å²) in [6, 6.07) is 8.84. The van der Waals surface area contributed by atoms with Crippen molar-refractivity contribution in [3.8, 4) is 0 Å². The average molecular weight is 299 g/mol. The fourth-order valence-electron chi connectivity index (χ4n) is 1.70. The van der Waals surface area contributed by atoms with Crippen molar-refractivity contribution in [2.75, 3.05) is 6.61 Å². The van der Waals surface area contributed by atoms with Gasteiger partial charge in [-0.15, -0.1) is 0 Å². The number of carbonyl (C=O) groups is 1. The molecule has 0 aliphatic rings. The van der Waals surface area contributed by atoms with Crippen molar-refractivity contribution in [2.45, 2.75) is 24.3 Å². The van der Waals surface area contributed by atoms with Crippen LogP contribution >= 0.6 is 0 Å². The van der Waals surface area contributed by atoms with E-state index in [1.165, 1.54) is 0 Å². The van der Waals surface area contributed by atoms with Gasteiger partial charge in [0.05, 0.1) is 6.61 Å². The lowest BCUT2D eigenvalue weighted by molar-refractivity contribution is -0.211. The van der Waals surface area contributed by atoms with Crippen LogP contribution in [0, 0.1) is 0 Å². The Morgan fingerprint density at radius 3 is 2.33 bits per heavy atom. The number of rotatable bonds is 8. The largest absolute Gasteiger partial charge is 0.479 e. The van der Waals surface area contributed by atoms with Crippen molar-refractivity contribution >= 4 is 13.1 Å². The Hall–Kier alpha value is -1.49. The third-order valence-electron chi connectivity index (χ3n) is 3.03. The Labute approximate surface area is 121 Å². The number of hydrogen-bond acceptors (Lipinski definition) is 7. The maximum absolute atomic E-state index is 11.1. The molecule has 7 N–H and O–H groups in total. The van der Waals surface area contributed by atoms with Crippen LogP contribution < -0.4 is 5.73 Å². The van der Waals surface area contributed by atoms with Gasteiger partial charge in [0.25, 0.3) is 0 Å². The summed E-state index contributed by atoms with van der Waals surface area (Å²) in [5, 5.41) is 46.0. The molecule has 0 radical (unpaired) electrons. The minimum Gasteiger partial charge on any atom is -0.479 e. The molecule has 21 heavy (non-hydrogen) atoms. The van der Waals surface area contributed by atoms with Gasteiger partial charge in [0.15, 0.2) is 6.29 Å². The smallest absolute Gasteiger partial charge is 0.473 e. The molecule has 0 aromatic heterocycles. The number of nitrogens with two attached hydrogens (primary N) is 1. The Balaban J connectivity index is 2.77. The van der Waals surface area contributed by atoms with Crippen molar-refractivity contribution in [2.24, 2.45) is 5.73 Å². The molecule has 0 saturated heterocycles. The fourth-order valence-corrected chi connectivity index (χ4v) is 1.70. The predicted octanol–water partition coefficient (Wildman–Crippen LogP) is -2.28. The normalized spacial score (nSPS) is 15.5. The number of benzene rings is 1. The minimum absolute atomic E-state index is 0.171. The minimum atomic E-state index is -2.76. The predicted molar refractivity (Wildman–Crippen MR) is 72.9 cm³/mol. The molecule has 9 heteroatoms. The first-order chi connectivity index (χ1) is 9.83. The molecule has 116 valence electrons. The zero-order chi connectivity index (χ0) is 16.0. The van der Waals surface area contributed by atoms with Crippen molar-refractivity contribution in [3.05, 3.63) is 35.9 Å². The zero-order valence-corrected chi connectivity index (χ0v) is 11.2. The highest BCUT2D eigenvalue weighted by Gasteiger charge is 2.49. The molecule has 0 aliphatic carbocycles.